The third-order valence-corrected chi connectivity index (χ3v) is 6.03. The Balaban J connectivity index is 1.29. The topological polar surface area (TPSA) is 39.5 Å². The summed E-state index contributed by atoms with van der Waals surface area (Å²) in [6.07, 6.45) is 10.2. The first kappa shape index (κ1) is 15.6. The van der Waals surface area contributed by atoms with Crippen molar-refractivity contribution in [2.75, 3.05) is 39.5 Å². The molecule has 0 aromatic carbocycles. The molecule has 0 N–H and O–H groups in total. The van der Waals surface area contributed by atoms with Crippen LogP contribution >= 0.6 is 0 Å². The molecule has 5 nitrogen and oxygen atoms in total. The van der Waals surface area contributed by atoms with E-state index in [1.165, 1.54) is 57.3 Å². The summed E-state index contributed by atoms with van der Waals surface area (Å²) in [5.74, 6) is 1.37. The number of piperidine rings is 1. The van der Waals surface area contributed by atoms with E-state index in [0.29, 0.717) is 5.92 Å². The molecule has 0 aliphatic carbocycles. The van der Waals surface area contributed by atoms with Gasteiger partial charge < -0.3 is 14.4 Å². The Bertz CT molecular complexity index is 516. The highest BCUT2D eigenvalue weighted by Crippen LogP contribution is 2.42. The first-order valence-electron chi connectivity index (χ1n) is 9.15. The molecule has 0 radical (unpaired) electrons. The highest BCUT2D eigenvalue weighted by Gasteiger charge is 2.43. The quantitative estimate of drug-likeness (QED) is 0.856. The van der Waals surface area contributed by atoms with Crippen LogP contribution in [0.25, 0.3) is 0 Å². The van der Waals surface area contributed by atoms with E-state index in [1.54, 1.807) is 0 Å². The van der Waals surface area contributed by atoms with Crippen LogP contribution in [0.2, 0.25) is 0 Å². The molecule has 3 saturated heterocycles. The van der Waals surface area contributed by atoms with Gasteiger partial charge in [-0.3, -0.25) is 4.68 Å². The molecule has 4 rings (SSSR count). The van der Waals surface area contributed by atoms with Crippen LogP contribution < -0.4 is 0 Å². The van der Waals surface area contributed by atoms with Crippen LogP contribution in [-0.2, 0) is 16.5 Å². The SMILES string of the molecule is Cn1cc(C2COC3(CCN(CC4CCOCC4)CC3)C2)cn1. The third kappa shape index (κ3) is 3.47. The molecule has 1 aromatic rings. The summed E-state index contributed by atoms with van der Waals surface area (Å²) in [5, 5.41) is 4.31. The van der Waals surface area contributed by atoms with Crippen molar-refractivity contribution >= 4 is 0 Å². The van der Waals surface area contributed by atoms with E-state index in [0.717, 1.165) is 25.7 Å². The first-order chi connectivity index (χ1) is 11.2. The molecule has 1 atom stereocenters. The van der Waals surface area contributed by atoms with Crippen molar-refractivity contribution in [1.82, 2.24) is 14.7 Å². The monoisotopic (exact) mass is 319 g/mol. The summed E-state index contributed by atoms with van der Waals surface area (Å²) in [7, 11) is 1.99. The summed E-state index contributed by atoms with van der Waals surface area (Å²) in [6.45, 7) is 6.42. The van der Waals surface area contributed by atoms with Crippen LogP contribution in [0.3, 0.4) is 0 Å². The third-order valence-electron chi connectivity index (χ3n) is 6.03. The van der Waals surface area contributed by atoms with Crippen LogP contribution in [0, 0.1) is 5.92 Å². The average molecular weight is 319 g/mol. The molecule has 3 aliphatic rings. The van der Waals surface area contributed by atoms with E-state index < -0.39 is 0 Å². The normalized spacial score (nSPS) is 29.3. The first-order valence-corrected chi connectivity index (χ1v) is 9.15. The summed E-state index contributed by atoms with van der Waals surface area (Å²) in [6, 6.07) is 0. The number of aromatic nitrogens is 2. The Morgan fingerprint density at radius 2 is 2.04 bits per heavy atom. The molecule has 0 bridgehead atoms. The minimum absolute atomic E-state index is 0.132. The highest BCUT2D eigenvalue weighted by atomic mass is 16.5. The van der Waals surface area contributed by atoms with Gasteiger partial charge in [-0.15, -0.1) is 0 Å². The average Bonchev–Trinajstić information content (AvgIpc) is 3.18. The molecule has 23 heavy (non-hydrogen) atoms. The van der Waals surface area contributed by atoms with Gasteiger partial charge in [0.25, 0.3) is 0 Å². The number of ether oxygens (including phenoxy) is 2. The van der Waals surface area contributed by atoms with Gasteiger partial charge in [0.2, 0.25) is 0 Å². The summed E-state index contributed by atoms with van der Waals surface area (Å²) in [4.78, 5) is 2.65. The predicted molar refractivity (Wildman–Crippen MR) is 88.5 cm³/mol. The van der Waals surface area contributed by atoms with Gasteiger partial charge in [0, 0.05) is 52.0 Å². The van der Waals surface area contributed by atoms with Gasteiger partial charge in [0.1, 0.15) is 0 Å². The van der Waals surface area contributed by atoms with Crippen molar-refractivity contribution in [2.45, 2.75) is 43.6 Å². The maximum absolute atomic E-state index is 6.31. The number of hydrogen-bond donors (Lipinski definition) is 0. The molecular weight excluding hydrogens is 290 g/mol. The van der Waals surface area contributed by atoms with E-state index in [4.69, 9.17) is 9.47 Å². The van der Waals surface area contributed by atoms with Crippen LogP contribution in [0.15, 0.2) is 12.4 Å². The number of hydrogen-bond acceptors (Lipinski definition) is 4. The lowest BCUT2D eigenvalue weighted by Crippen LogP contribution is -2.46. The molecule has 5 heteroatoms. The maximum Gasteiger partial charge on any atom is 0.0713 e. The molecule has 3 fully saturated rings. The van der Waals surface area contributed by atoms with Gasteiger partial charge in [-0.1, -0.05) is 0 Å². The van der Waals surface area contributed by atoms with Gasteiger partial charge in [0.15, 0.2) is 0 Å². The Labute approximate surface area is 138 Å². The standard InChI is InChI=1S/C18H29N3O2/c1-20-13-17(11-19-20)16-10-18(23-14-16)4-6-21(7-5-18)12-15-2-8-22-9-3-15/h11,13,15-16H,2-10,12,14H2,1H3. The van der Waals surface area contributed by atoms with Crippen LogP contribution in [-0.4, -0.2) is 59.7 Å². The fourth-order valence-electron chi connectivity index (χ4n) is 4.50. The van der Waals surface area contributed by atoms with Gasteiger partial charge >= 0.3 is 0 Å². The number of likely N-dealkylation sites (tertiary alicyclic amines) is 1. The zero-order valence-electron chi connectivity index (χ0n) is 14.2. The van der Waals surface area contributed by atoms with Crippen molar-refractivity contribution in [1.29, 1.82) is 0 Å². The van der Waals surface area contributed by atoms with Crippen LogP contribution in [0.4, 0.5) is 0 Å². The van der Waals surface area contributed by atoms with E-state index in [2.05, 4.69) is 16.2 Å². The fraction of sp³-hybridized carbons (Fsp3) is 0.833. The van der Waals surface area contributed by atoms with Gasteiger partial charge in [0.05, 0.1) is 18.4 Å². The van der Waals surface area contributed by atoms with Crippen molar-refractivity contribution in [3.63, 3.8) is 0 Å². The Kier molecular flexibility index (Phi) is 4.43. The molecular formula is C18H29N3O2. The number of rotatable bonds is 3. The lowest BCUT2D eigenvalue weighted by atomic mass is 9.83. The predicted octanol–water partition coefficient (Wildman–Crippen LogP) is 2.19. The van der Waals surface area contributed by atoms with E-state index in [-0.39, 0.29) is 5.60 Å². The Hall–Kier alpha value is -0.910. The molecule has 0 amide bonds. The molecule has 0 saturated carbocycles. The number of nitrogens with zero attached hydrogens (tertiary/aromatic N) is 3. The maximum atomic E-state index is 6.31. The van der Waals surface area contributed by atoms with Gasteiger partial charge in [-0.05, 0) is 43.6 Å². The van der Waals surface area contributed by atoms with Gasteiger partial charge in [-0.25, -0.2) is 0 Å². The largest absolute Gasteiger partial charge is 0.381 e. The molecule has 1 spiro atoms. The Morgan fingerprint density at radius 3 is 2.74 bits per heavy atom. The Morgan fingerprint density at radius 1 is 1.26 bits per heavy atom. The summed E-state index contributed by atoms with van der Waals surface area (Å²) in [5.41, 5.74) is 1.47. The van der Waals surface area contributed by atoms with E-state index in [9.17, 15) is 0 Å². The molecule has 3 aliphatic heterocycles. The minimum atomic E-state index is 0.132. The molecule has 128 valence electrons. The minimum Gasteiger partial charge on any atom is -0.381 e. The van der Waals surface area contributed by atoms with Crippen LogP contribution in [0.5, 0.6) is 0 Å². The highest BCUT2D eigenvalue weighted by molar-refractivity contribution is 5.15. The van der Waals surface area contributed by atoms with Crippen molar-refractivity contribution in [2.24, 2.45) is 13.0 Å². The molecule has 4 heterocycles. The van der Waals surface area contributed by atoms with Crippen molar-refractivity contribution in [3.05, 3.63) is 18.0 Å². The second kappa shape index (κ2) is 6.54. The smallest absolute Gasteiger partial charge is 0.0713 e. The summed E-state index contributed by atoms with van der Waals surface area (Å²) >= 11 is 0. The van der Waals surface area contributed by atoms with Crippen molar-refractivity contribution in [3.8, 4) is 0 Å². The second-order valence-electron chi connectivity index (χ2n) is 7.70. The molecule has 1 aromatic heterocycles. The zero-order valence-corrected chi connectivity index (χ0v) is 14.2. The summed E-state index contributed by atoms with van der Waals surface area (Å²) < 4.78 is 13.7. The van der Waals surface area contributed by atoms with E-state index in [1.807, 2.05) is 17.9 Å². The molecule has 1 unspecified atom stereocenters. The lowest BCUT2D eigenvalue weighted by molar-refractivity contribution is -0.0486. The van der Waals surface area contributed by atoms with Gasteiger partial charge in [-0.2, -0.15) is 5.10 Å². The fourth-order valence-corrected chi connectivity index (χ4v) is 4.50. The zero-order chi connectivity index (χ0) is 15.7. The van der Waals surface area contributed by atoms with Crippen LogP contribution in [0.1, 0.15) is 43.6 Å². The van der Waals surface area contributed by atoms with Crippen molar-refractivity contribution < 1.29 is 9.47 Å². The second-order valence-corrected chi connectivity index (χ2v) is 7.70. The lowest BCUT2D eigenvalue weighted by Gasteiger charge is -2.40. The number of aryl methyl sites for hydroxylation is 1. The van der Waals surface area contributed by atoms with E-state index >= 15 is 0 Å².